The molecule has 3 aromatic rings. The van der Waals surface area contributed by atoms with E-state index in [0.717, 1.165) is 24.5 Å². The summed E-state index contributed by atoms with van der Waals surface area (Å²) < 4.78 is 39.7. The van der Waals surface area contributed by atoms with Gasteiger partial charge in [-0.05, 0) is 30.9 Å². The number of nitrogens with one attached hydrogen (secondary N) is 3. The Balaban J connectivity index is 1.40. The lowest BCUT2D eigenvalue weighted by atomic mass is 9.85. The van der Waals surface area contributed by atoms with Crippen molar-refractivity contribution >= 4 is 17.8 Å². The van der Waals surface area contributed by atoms with Crippen LogP contribution in [0.5, 0.6) is 0 Å². The van der Waals surface area contributed by atoms with Gasteiger partial charge in [-0.2, -0.15) is 28.1 Å². The van der Waals surface area contributed by atoms with Crippen molar-refractivity contribution in [3.63, 3.8) is 0 Å². The van der Waals surface area contributed by atoms with Crippen molar-refractivity contribution in [3.05, 3.63) is 65.7 Å². The number of rotatable bonds is 7. The molecule has 1 amide bonds. The minimum absolute atomic E-state index is 0.0438. The smallest absolute Gasteiger partial charge is 0.357 e. The van der Waals surface area contributed by atoms with Crippen molar-refractivity contribution < 1.29 is 18.0 Å². The Kier molecular flexibility index (Phi) is 7.48. The predicted octanol–water partition coefficient (Wildman–Crippen LogP) is 4.89. The van der Waals surface area contributed by atoms with Gasteiger partial charge in [-0.15, -0.1) is 0 Å². The van der Waals surface area contributed by atoms with E-state index in [4.69, 9.17) is 0 Å². The zero-order valence-electron chi connectivity index (χ0n) is 19.3. The topological polar surface area (TPSA) is 91.8 Å². The van der Waals surface area contributed by atoms with Gasteiger partial charge in [0.25, 0.3) is 0 Å². The molecular weight excluding hydrogens is 457 g/mol. The van der Waals surface area contributed by atoms with Gasteiger partial charge >= 0.3 is 6.18 Å². The molecule has 0 spiro atoms. The number of hydrogen-bond acceptors (Lipinski definition) is 6. The fourth-order valence-electron chi connectivity index (χ4n) is 4.29. The molecule has 2 aromatic carbocycles. The normalized spacial score (nSPS) is 18.1. The summed E-state index contributed by atoms with van der Waals surface area (Å²) in [5, 5.41) is 8.96. The third-order valence-electron chi connectivity index (χ3n) is 6.05. The van der Waals surface area contributed by atoms with Crippen LogP contribution in [0.1, 0.15) is 36.8 Å². The van der Waals surface area contributed by atoms with Gasteiger partial charge in [-0.1, -0.05) is 55.0 Å². The molecule has 2 unspecified atom stereocenters. The molecule has 0 aliphatic heterocycles. The first-order valence-electron chi connectivity index (χ1n) is 11.5. The Hall–Kier alpha value is -3.69. The first-order valence-corrected chi connectivity index (χ1v) is 11.5. The van der Waals surface area contributed by atoms with Crippen molar-refractivity contribution in [2.24, 2.45) is 5.92 Å². The van der Waals surface area contributed by atoms with Gasteiger partial charge in [0.2, 0.25) is 17.8 Å². The molecule has 1 fully saturated rings. The van der Waals surface area contributed by atoms with Gasteiger partial charge in [0.05, 0.1) is 5.56 Å². The van der Waals surface area contributed by atoms with Crippen LogP contribution < -0.4 is 16.0 Å². The van der Waals surface area contributed by atoms with Crippen LogP contribution in [0.3, 0.4) is 0 Å². The van der Waals surface area contributed by atoms with Crippen LogP contribution in [-0.4, -0.2) is 33.9 Å². The molecule has 0 radical (unpaired) electrons. The van der Waals surface area contributed by atoms with Crippen LogP contribution >= 0.6 is 0 Å². The number of benzene rings is 2. The Labute approximate surface area is 201 Å². The fourth-order valence-corrected chi connectivity index (χ4v) is 4.29. The molecule has 1 saturated carbocycles. The van der Waals surface area contributed by atoms with E-state index >= 15 is 0 Å². The number of nitrogens with zero attached hydrogens (tertiary/aromatic N) is 3. The zero-order chi connectivity index (χ0) is 24.8. The molecule has 1 aliphatic rings. The van der Waals surface area contributed by atoms with Crippen molar-refractivity contribution in [2.75, 3.05) is 17.7 Å². The number of hydrogen-bond donors (Lipinski definition) is 3. The van der Waals surface area contributed by atoms with Crippen molar-refractivity contribution in [1.82, 2.24) is 20.3 Å². The van der Waals surface area contributed by atoms with Crippen molar-refractivity contribution in [1.29, 1.82) is 0 Å². The van der Waals surface area contributed by atoms with E-state index in [9.17, 15) is 18.0 Å². The van der Waals surface area contributed by atoms with Crippen LogP contribution in [0.2, 0.25) is 0 Å². The molecule has 4 rings (SSSR count). The maximum Gasteiger partial charge on any atom is 0.416 e. The van der Waals surface area contributed by atoms with Gasteiger partial charge in [0.15, 0.2) is 5.82 Å². The molecule has 0 saturated heterocycles. The largest absolute Gasteiger partial charge is 0.416 e. The summed E-state index contributed by atoms with van der Waals surface area (Å²) in [5.41, 5.74) is 0.180. The lowest BCUT2D eigenvalue weighted by molar-refractivity contribution is -0.138. The second-order valence-electron chi connectivity index (χ2n) is 8.50. The Morgan fingerprint density at radius 2 is 1.69 bits per heavy atom. The van der Waals surface area contributed by atoms with Crippen LogP contribution in [0.15, 0.2) is 54.6 Å². The van der Waals surface area contributed by atoms with Gasteiger partial charge in [0, 0.05) is 31.1 Å². The summed E-state index contributed by atoms with van der Waals surface area (Å²) in [4.78, 5) is 26.2. The third kappa shape index (κ3) is 6.26. The standard InChI is InChI=1S/C25H27F3N6O/c1-29-23-32-21(16-8-3-2-4-9-16)33-24(34-23)31-19-12-7-11-17(14-19)22(35)30-15-18-10-5-6-13-20(18)25(26,27)28/h2-6,8-10,13,17,19H,7,11-12,14-15H2,1H3,(H,30,35)(H2,29,31,32,33,34). The molecule has 184 valence electrons. The Morgan fingerprint density at radius 3 is 2.43 bits per heavy atom. The number of halogens is 3. The number of carbonyl (C=O) groups excluding carboxylic acids is 1. The molecule has 7 nitrogen and oxygen atoms in total. The molecular formula is C25H27F3N6O. The zero-order valence-corrected chi connectivity index (χ0v) is 19.3. The average Bonchev–Trinajstić information content (AvgIpc) is 2.87. The minimum atomic E-state index is -4.46. The van der Waals surface area contributed by atoms with E-state index in [1.165, 1.54) is 18.2 Å². The summed E-state index contributed by atoms with van der Waals surface area (Å²) in [7, 11) is 1.73. The van der Waals surface area contributed by atoms with Crippen LogP contribution in [0.25, 0.3) is 11.4 Å². The molecule has 10 heteroatoms. The second kappa shape index (κ2) is 10.7. The summed E-state index contributed by atoms with van der Waals surface area (Å²) in [6, 6.07) is 14.8. The molecule has 2 atom stereocenters. The fraction of sp³-hybridized carbons (Fsp3) is 0.360. The average molecular weight is 485 g/mol. The van der Waals surface area contributed by atoms with Gasteiger partial charge < -0.3 is 16.0 Å². The van der Waals surface area contributed by atoms with Crippen LogP contribution in [0, 0.1) is 5.92 Å². The lowest BCUT2D eigenvalue weighted by Gasteiger charge is -2.29. The SMILES string of the molecule is CNc1nc(NC2CCCC(C(=O)NCc3ccccc3C(F)(F)F)C2)nc(-c2ccccc2)n1. The van der Waals surface area contributed by atoms with E-state index in [0.29, 0.717) is 30.6 Å². The van der Waals surface area contributed by atoms with E-state index in [1.54, 1.807) is 7.05 Å². The summed E-state index contributed by atoms with van der Waals surface area (Å²) in [6.07, 6.45) is -1.60. The highest BCUT2D eigenvalue weighted by atomic mass is 19.4. The van der Waals surface area contributed by atoms with E-state index < -0.39 is 11.7 Å². The number of carbonyl (C=O) groups is 1. The highest BCUT2D eigenvalue weighted by Gasteiger charge is 2.33. The van der Waals surface area contributed by atoms with Gasteiger partial charge in [0.1, 0.15) is 0 Å². The maximum absolute atomic E-state index is 13.2. The number of amides is 1. The molecule has 1 aliphatic carbocycles. The van der Waals surface area contributed by atoms with Gasteiger partial charge in [-0.25, -0.2) is 0 Å². The number of alkyl halides is 3. The second-order valence-corrected chi connectivity index (χ2v) is 8.50. The monoisotopic (exact) mass is 484 g/mol. The van der Waals surface area contributed by atoms with Gasteiger partial charge in [-0.3, -0.25) is 4.79 Å². The van der Waals surface area contributed by atoms with Crippen molar-refractivity contribution in [3.8, 4) is 11.4 Å². The first-order chi connectivity index (χ1) is 16.8. The summed E-state index contributed by atoms with van der Waals surface area (Å²) >= 11 is 0. The van der Waals surface area contributed by atoms with E-state index in [2.05, 4.69) is 30.9 Å². The van der Waals surface area contributed by atoms with Crippen LogP contribution in [0.4, 0.5) is 25.1 Å². The molecule has 35 heavy (non-hydrogen) atoms. The Bertz CT molecular complexity index is 1160. The minimum Gasteiger partial charge on any atom is -0.357 e. The highest BCUT2D eigenvalue weighted by molar-refractivity contribution is 5.78. The quantitative estimate of drug-likeness (QED) is 0.443. The summed E-state index contributed by atoms with van der Waals surface area (Å²) in [5.74, 6) is 0.813. The van der Waals surface area contributed by atoms with Crippen molar-refractivity contribution in [2.45, 2.75) is 44.4 Å². The van der Waals surface area contributed by atoms with Crippen LogP contribution in [-0.2, 0) is 17.5 Å². The lowest BCUT2D eigenvalue weighted by Crippen LogP contribution is -2.37. The molecule has 0 bridgehead atoms. The van der Waals surface area contributed by atoms with E-state index in [-0.39, 0.29) is 30.0 Å². The molecule has 3 N–H and O–H groups in total. The number of aromatic nitrogens is 3. The van der Waals surface area contributed by atoms with E-state index in [1.807, 2.05) is 30.3 Å². The summed E-state index contributed by atoms with van der Waals surface area (Å²) in [6.45, 7) is -0.164. The first kappa shape index (κ1) is 24.4. The molecule has 1 aromatic heterocycles. The molecule has 1 heterocycles. The third-order valence-corrected chi connectivity index (χ3v) is 6.05. The predicted molar refractivity (Wildman–Crippen MR) is 127 cm³/mol. The highest BCUT2D eigenvalue weighted by Crippen LogP contribution is 2.32. The number of anilines is 2. The maximum atomic E-state index is 13.2. The Morgan fingerprint density at radius 1 is 0.971 bits per heavy atom.